The Balaban J connectivity index is 0.949. The number of para-hydroxylation sites is 2. The molecule has 0 N–H and O–H groups in total. The summed E-state index contributed by atoms with van der Waals surface area (Å²) >= 11 is 0. The van der Waals surface area contributed by atoms with Gasteiger partial charge < -0.3 is 4.57 Å². The van der Waals surface area contributed by atoms with Crippen LogP contribution < -0.4 is 0 Å². The quantitative estimate of drug-likeness (QED) is 0.167. The van der Waals surface area contributed by atoms with Crippen LogP contribution >= 0.6 is 0 Å². The molecule has 3 heterocycles. The Morgan fingerprint density at radius 3 is 1.90 bits per heavy atom. The van der Waals surface area contributed by atoms with E-state index in [4.69, 9.17) is 15.0 Å². The number of allylic oxidation sites excluding steroid dienone is 4. The van der Waals surface area contributed by atoms with Gasteiger partial charge in [0, 0.05) is 38.4 Å². The van der Waals surface area contributed by atoms with E-state index in [0.717, 1.165) is 73.3 Å². The fraction of sp³-hybridized carbons (Fsp3) is 0.185. The lowest BCUT2D eigenvalue weighted by Crippen LogP contribution is -2.37. The molecule has 8 aromatic carbocycles. The third-order valence-electron chi connectivity index (χ3n) is 16.2. The summed E-state index contributed by atoms with van der Waals surface area (Å²) in [5, 5.41) is 6.95. The Kier molecular flexibility index (Phi) is 9.71. The van der Waals surface area contributed by atoms with Crippen molar-refractivity contribution >= 4 is 54.4 Å². The predicted octanol–water partition coefficient (Wildman–Crippen LogP) is 17.0. The molecule has 11 aromatic rings. The Labute approximate surface area is 409 Å². The molecule has 0 bridgehead atoms. The Morgan fingerprint density at radius 2 is 1.13 bits per heavy atom. The second-order valence-corrected chi connectivity index (χ2v) is 21.1. The predicted molar refractivity (Wildman–Crippen MR) is 292 cm³/mol. The van der Waals surface area contributed by atoms with Gasteiger partial charge in [-0.2, -0.15) is 9.97 Å². The van der Waals surface area contributed by atoms with Gasteiger partial charge in [-0.1, -0.05) is 198 Å². The summed E-state index contributed by atoms with van der Waals surface area (Å²) in [4.78, 5) is 15.8. The minimum absolute atomic E-state index is 0.190. The van der Waals surface area contributed by atoms with Crippen molar-refractivity contribution in [1.82, 2.24) is 24.1 Å². The first-order chi connectivity index (χ1) is 34.1. The van der Waals surface area contributed by atoms with Crippen LogP contribution in [-0.4, -0.2) is 24.1 Å². The number of rotatable bonds is 6. The normalized spacial score (nSPS) is 17.7. The fourth-order valence-corrected chi connectivity index (χ4v) is 12.2. The van der Waals surface area contributed by atoms with Gasteiger partial charge >= 0.3 is 0 Å². The molecule has 0 saturated heterocycles. The highest BCUT2D eigenvalue weighted by Gasteiger charge is 2.43. The standard InChI is InChI=1S/C65H55N5/c1-41-40-64(2,3)56-37-47(23-17-29-55(56)65(41,4)5)43-34-32-42(33-35-43)46-22-15-24-48(36-46)69-57-30-13-11-26-50(57)53-38-54-51-27-12-14-31-58(51)70(60(54)39-59(53)69)63-67-61(45-19-7-6-8-20-45)66-62(68-63)52-28-16-21-44-18-9-10-25-49(44)52/h6-22,24-36,38-39,41,47H,23,37,40H2,1-5H3. The molecule has 5 nitrogen and oxygen atoms in total. The molecule has 0 spiro atoms. The van der Waals surface area contributed by atoms with Crippen LogP contribution in [0.3, 0.4) is 0 Å². The molecule has 0 aliphatic heterocycles. The summed E-state index contributed by atoms with van der Waals surface area (Å²) in [5.74, 6) is 2.96. The zero-order valence-electron chi connectivity index (χ0n) is 40.5. The highest BCUT2D eigenvalue weighted by atomic mass is 15.2. The molecule has 70 heavy (non-hydrogen) atoms. The van der Waals surface area contributed by atoms with E-state index >= 15 is 0 Å². The van der Waals surface area contributed by atoms with E-state index in [-0.39, 0.29) is 10.8 Å². The van der Waals surface area contributed by atoms with Gasteiger partial charge in [0.15, 0.2) is 11.6 Å². The topological polar surface area (TPSA) is 48.5 Å². The van der Waals surface area contributed by atoms with Crippen LogP contribution in [0.25, 0.3) is 99.9 Å². The highest BCUT2D eigenvalue weighted by Crippen LogP contribution is 2.56. The third kappa shape index (κ3) is 6.77. The van der Waals surface area contributed by atoms with Crippen molar-refractivity contribution < 1.29 is 0 Å². The second-order valence-electron chi connectivity index (χ2n) is 21.1. The molecule has 340 valence electrons. The number of hydrogen-bond donors (Lipinski definition) is 0. The first-order valence-corrected chi connectivity index (χ1v) is 25.0. The molecular formula is C65H55N5. The summed E-state index contributed by atoms with van der Waals surface area (Å²) in [7, 11) is 0. The van der Waals surface area contributed by atoms with Gasteiger partial charge in [-0.15, -0.1) is 0 Å². The molecule has 2 atom stereocenters. The van der Waals surface area contributed by atoms with Gasteiger partial charge in [0.05, 0.1) is 22.1 Å². The zero-order valence-corrected chi connectivity index (χ0v) is 40.5. The van der Waals surface area contributed by atoms with E-state index in [1.165, 1.54) is 33.9 Å². The molecule has 5 heteroatoms. The number of nitrogens with zero attached hydrogens (tertiary/aromatic N) is 5. The van der Waals surface area contributed by atoms with Gasteiger partial charge in [-0.25, -0.2) is 4.98 Å². The maximum atomic E-state index is 5.37. The fourth-order valence-electron chi connectivity index (χ4n) is 12.2. The maximum absolute atomic E-state index is 5.37. The van der Waals surface area contributed by atoms with E-state index in [0.29, 0.717) is 29.4 Å². The second kappa shape index (κ2) is 16.1. The van der Waals surface area contributed by atoms with Crippen molar-refractivity contribution in [3.63, 3.8) is 0 Å². The van der Waals surface area contributed by atoms with Crippen LogP contribution in [0, 0.1) is 16.7 Å². The molecule has 2 aliphatic rings. The largest absolute Gasteiger partial charge is 0.309 e. The SMILES string of the molecule is CC1CC(C)(C)C2=C(C=CCC(c3ccc(-c4cccc(-n5c6ccccc6c6cc7c8ccccc8n(-c8nc(-c9ccccc9)nc(-c9cccc%10ccccc9%10)n8)c7cc65)c4)cc3)C2)C1(C)C. The minimum atomic E-state index is 0.190. The molecule has 2 unspecified atom stereocenters. The van der Waals surface area contributed by atoms with E-state index < -0.39 is 0 Å². The Bertz CT molecular complexity index is 3930. The summed E-state index contributed by atoms with van der Waals surface area (Å²) in [6.07, 6.45) is 8.35. The lowest BCUT2D eigenvalue weighted by molar-refractivity contribution is 0.173. The monoisotopic (exact) mass is 905 g/mol. The van der Waals surface area contributed by atoms with Crippen LogP contribution in [0.1, 0.15) is 65.4 Å². The zero-order chi connectivity index (χ0) is 47.3. The molecule has 0 saturated carbocycles. The third-order valence-corrected chi connectivity index (χ3v) is 16.2. The van der Waals surface area contributed by atoms with Crippen molar-refractivity contribution in [3.05, 3.63) is 211 Å². The van der Waals surface area contributed by atoms with Gasteiger partial charge in [0.25, 0.3) is 0 Å². The summed E-state index contributed by atoms with van der Waals surface area (Å²) in [6, 6.07) is 65.8. The summed E-state index contributed by atoms with van der Waals surface area (Å²) in [6.45, 7) is 12.3. The first kappa shape index (κ1) is 42.2. The molecule has 0 fully saturated rings. The van der Waals surface area contributed by atoms with Gasteiger partial charge in [-0.3, -0.25) is 4.57 Å². The van der Waals surface area contributed by atoms with Crippen molar-refractivity contribution in [2.45, 2.75) is 59.8 Å². The van der Waals surface area contributed by atoms with Crippen LogP contribution in [-0.2, 0) is 0 Å². The molecule has 2 aliphatic carbocycles. The van der Waals surface area contributed by atoms with Crippen molar-refractivity contribution in [3.8, 4) is 45.5 Å². The molecule has 0 amide bonds. The van der Waals surface area contributed by atoms with Crippen molar-refractivity contribution in [2.24, 2.45) is 16.7 Å². The molecule has 0 radical (unpaired) electrons. The number of fused-ring (bicyclic) bond motifs is 7. The Morgan fingerprint density at radius 1 is 0.500 bits per heavy atom. The van der Waals surface area contributed by atoms with E-state index in [1.807, 2.05) is 18.2 Å². The lowest BCUT2D eigenvalue weighted by atomic mass is 9.57. The van der Waals surface area contributed by atoms with Gasteiger partial charge in [0.2, 0.25) is 5.95 Å². The van der Waals surface area contributed by atoms with Crippen molar-refractivity contribution in [2.75, 3.05) is 0 Å². The van der Waals surface area contributed by atoms with Crippen LogP contribution in [0.5, 0.6) is 0 Å². The van der Waals surface area contributed by atoms with Crippen LogP contribution in [0.2, 0.25) is 0 Å². The van der Waals surface area contributed by atoms with E-state index in [1.54, 1.807) is 11.1 Å². The number of hydrogen-bond acceptors (Lipinski definition) is 3. The number of benzene rings is 8. The van der Waals surface area contributed by atoms with Crippen LogP contribution in [0.4, 0.5) is 0 Å². The minimum Gasteiger partial charge on any atom is -0.309 e. The van der Waals surface area contributed by atoms with E-state index in [9.17, 15) is 0 Å². The molecular weight excluding hydrogens is 851 g/mol. The van der Waals surface area contributed by atoms with Gasteiger partial charge in [0.1, 0.15) is 0 Å². The number of aromatic nitrogens is 5. The average molecular weight is 906 g/mol. The van der Waals surface area contributed by atoms with Gasteiger partial charge in [-0.05, 0) is 111 Å². The van der Waals surface area contributed by atoms with E-state index in [2.05, 4.69) is 220 Å². The smallest absolute Gasteiger partial charge is 0.238 e. The highest BCUT2D eigenvalue weighted by molar-refractivity contribution is 6.19. The maximum Gasteiger partial charge on any atom is 0.238 e. The average Bonchev–Trinajstić information content (AvgIpc) is 3.77. The molecule has 3 aromatic heterocycles. The first-order valence-electron chi connectivity index (χ1n) is 25.0. The van der Waals surface area contributed by atoms with Crippen molar-refractivity contribution in [1.29, 1.82) is 0 Å². The van der Waals surface area contributed by atoms with Crippen LogP contribution in [0.15, 0.2) is 205 Å². The Hall–Kier alpha value is -7.89. The summed E-state index contributed by atoms with van der Waals surface area (Å²) in [5.41, 5.74) is 14.8. The summed E-state index contributed by atoms with van der Waals surface area (Å²) < 4.78 is 4.68. The molecule has 13 rings (SSSR count). The lowest BCUT2D eigenvalue weighted by Gasteiger charge is -2.47.